The van der Waals surface area contributed by atoms with Gasteiger partial charge in [-0.2, -0.15) is 0 Å². The molecule has 4 aromatic rings. The highest BCUT2D eigenvalue weighted by atomic mass is 32.2. The summed E-state index contributed by atoms with van der Waals surface area (Å²) in [7, 11) is 1.54. The molecule has 2 heterocycles. The van der Waals surface area contributed by atoms with Crippen molar-refractivity contribution >= 4 is 51.2 Å². The van der Waals surface area contributed by atoms with Crippen LogP contribution < -0.4 is 14.4 Å². The van der Waals surface area contributed by atoms with Crippen LogP contribution in [-0.4, -0.2) is 68.8 Å². The van der Waals surface area contributed by atoms with E-state index < -0.39 is 11.3 Å². The average Bonchev–Trinajstić information content (AvgIpc) is 2.97. The van der Waals surface area contributed by atoms with Crippen molar-refractivity contribution in [2.75, 3.05) is 42.9 Å². The largest absolute Gasteiger partial charge is 0.755 e. The molecule has 0 spiro atoms. The molecule has 1 aliphatic rings. The quantitative estimate of drug-likeness (QED) is 0.364. The van der Waals surface area contributed by atoms with E-state index in [2.05, 4.69) is 10.3 Å². The number of methoxy groups -OCH3 is 1. The minimum absolute atomic E-state index is 0.187. The number of ether oxygens (including phenoxy) is 1. The highest BCUT2D eigenvalue weighted by molar-refractivity contribution is 7.81. The number of carbonyl (C=O) groups excluding carboxylic acids is 2. The van der Waals surface area contributed by atoms with E-state index in [1.165, 1.54) is 0 Å². The number of pyridine rings is 1. The normalized spacial score (nSPS) is 14.1. The fourth-order valence-corrected chi connectivity index (χ4v) is 5.14. The highest BCUT2D eigenvalue weighted by Crippen LogP contribution is 2.32. The summed E-state index contributed by atoms with van der Waals surface area (Å²) in [6, 6.07) is 22.3. The smallest absolute Gasteiger partial charge is 0.322 e. The van der Waals surface area contributed by atoms with Gasteiger partial charge in [-0.25, -0.2) is 4.79 Å². The van der Waals surface area contributed by atoms with Crippen LogP contribution >= 0.6 is 0 Å². The van der Waals surface area contributed by atoms with Gasteiger partial charge in [0.25, 0.3) is 5.91 Å². The van der Waals surface area contributed by atoms with Gasteiger partial charge < -0.3 is 24.4 Å². The number of hydrogen-bond donors (Lipinski definition) is 1. The van der Waals surface area contributed by atoms with Gasteiger partial charge in [-0.15, -0.1) is 0 Å². The first-order valence-corrected chi connectivity index (χ1v) is 13.3. The van der Waals surface area contributed by atoms with Crippen LogP contribution in [0.3, 0.4) is 0 Å². The lowest BCUT2D eigenvalue weighted by molar-refractivity contribution is 0.0671. The van der Waals surface area contributed by atoms with Crippen LogP contribution in [0.1, 0.15) is 10.4 Å². The summed E-state index contributed by atoms with van der Waals surface area (Å²) in [6.07, 6.45) is 1.61. The van der Waals surface area contributed by atoms with Gasteiger partial charge in [0.1, 0.15) is 5.75 Å². The zero-order valence-corrected chi connectivity index (χ0v) is 22.0. The molecule has 0 aliphatic carbocycles. The molecule has 1 saturated heterocycles. The van der Waals surface area contributed by atoms with Crippen molar-refractivity contribution in [3.63, 3.8) is 0 Å². The molecular weight excluding hydrogens is 518 g/mol. The van der Waals surface area contributed by atoms with Crippen LogP contribution in [0.2, 0.25) is 0 Å². The first-order chi connectivity index (χ1) is 19.0. The number of anilines is 3. The number of amides is 3. The van der Waals surface area contributed by atoms with Crippen LogP contribution in [-0.2, 0) is 11.3 Å². The second-order valence-corrected chi connectivity index (χ2v) is 9.62. The molecular formula is C28H26N5O5S-. The number of benzene rings is 3. The average molecular weight is 545 g/mol. The monoisotopic (exact) mass is 544 g/mol. The lowest BCUT2D eigenvalue weighted by atomic mass is 10.1. The summed E-state index contributed by atoms with van der Waals surface area (Å²) in [5.74, 6) is 0.382. The van der Waals surface area contributed by atoms with Crippen LogP contribution in [0.5, 0.6) is 5.75 Å². The molecule has 10 nitrogen and oxygen atoms in total. The number of fused-ring (bicyclic) bond motifs is 1. The van der Waals surface area contributed by atoms with Crippen molar-refractivity contribution in [3.05, 3.63) is 90.6 Å². The molecule has 1 atom stereocenters. The van der Waals surface area contributed by atoms with Crippen molar-refractivity contribution < 1.29 is 23.1 Å². The SMILES string of the molecule is COc1ccccc1NC(=O)N1CCN(C(=O)c2ccc(N(c3cccc4cccnc34)S(=O)[O-])cc2)CC1. The number of para-hydroxylation sites is 3. The Balaban J connectivity index is 1.25. The van der Waals surface area contributed by atoms with E-state index in [1.807, 2.05) is 24.3 Å². The number of rotatable bonds is 6. The van der Waals surface area contributed by atoms with E-state index in [-0.39, 0.29) is 11.9 Å². The summed E-state index contributed by atoms with van der Waals surface area (Å²) in [5, 5.41) is 3.67. The standard InChI is InChI=1S/C28H27N5O5S/c1-38-25-10-3-2-8-23(25)30-28(35)32-18-16-31(17-19-32)27(34)21-11-13-22(14-12-21)33(39(36)37)24-9-4-6-20-7-5-15-29-26(20)24/h2-15H,16-19H2,1H3,(H,30,35)(H,36,37)/p-1. The van der Waals surface area contributed by atoms with E-state index in [0.717, 1.165) is 9.69 Å². The van der Waals surface area contributed by atoms with Gasteiger partial charge in [0.15, 0.2) is 0 Å². The second kappa shape index (κ2) is 11.5. The molecule has 0 bridgehead atoms. The molecule has 11 heteroatoms. The third kappa shape index (κ3) is 5.54. The second-order valence-electron chi connectivity index (χ2n) is 8.82. The first kappa shape index (κ1) is 26.1. The Morgan fingerprint density at radius 1 is 0.923 bits per heavy atom. The molecule has 3 amide bonds. The Morgan fingerprint density at radius 3 is 2.33 bits per heavy atom. The van der Waals surface area contributed by atoms with Gasteiger partial charge in [-0.05, 0) is 48.5 Å². The summed E-state index contributed by atoms with van der Waals surface area (Å²) in [6.45, 7) is 1.50. The Morgan fingerprint density at radius 2 is 1.62 bits per heavy atom. The number of carbonyl (C=O) groups is 2. The predicted octanol–water partition coefficient (Wildman–Crippen LogP) is 4.17. The number of piperazine rings is 1. The molecule has 0 saturated carbocycles. The highest BCUT2D eigenvalue weighted by Gasteiger charge is 2.25. The number of hydrogen-bond acceptors (Lipinski definition) is 6. The van der Waals surface area contributed by atoms with Crippen LogP contribution in [0, 0.1) is 0 Å². The zero-order chi connectivity index (χ0) is 27.4. The molecule has 3 aromatic carbocycles. The first-order valence-electron chi connectivity index (χ1n) is 12.3. The summed E-state index contributed by atoms with van der Waals surface area (Å²) in [5.41, 5.74) is 2.37. The number of aromatic nitrogens is 1. The van der Waals surface area contributed by atoms with Crippen molar-refractivity contribution in [1.82, 2.24) is 14.8 Å². The summed E-state index contributed by atoms with van der Waals surface area (Å²) >= 11 is -2.61. The maximum Gasteiger partial charge on any atom is 0.322 e. The third-order valence-corrected chi connectivity index (χ3v) is 7.24. The Kier molecular flexibility index (Phi) is 7.71. The van der Waals surface area contributed by atoms with Gasteiger partial charge in [-0.3, -0.25) is 18.3 Å². The van der Waals surface area contributed by atoms with Crippen LogP contribution in [0.15, 0.2) is 85.1 Å². The third-order valence-electron chi connectivity index (χ3n) is 6.53. The minimum Gasteiger partial charge on any atom is -0.755 e. The van der Waals surface area contributed by atoms with E-state index in [9.17, 15) is 18.4 Å². The summed E-state index contributed by atoms with van der Waals surface area (Å²) < 4.78 is 30.9. The van der Waals surface area contributed by atoms with E-state index >= 15 is 0 Å². The Bertz CT molecular complexity index is 1520. The molecule has 1 aromatic heterocycles. The van der Waals surface area contributed by atoms with Gasteiger partial charge in [0.05, 0.1) is 41.0 Å². The van der Waals surface area contributed by atoms with Crippen molar-refractivity contribution in [2.24, 2.45) is 0 Å². The predicted molar refractivity (Wildman–Crippen MR) is 149 cm³/mol. The van der Waals surface area contributed by atoms with Crippen molar-refractivity contribution in [3.8, 4) is 5.75 Å². The molecule has 1 fully saturated rings. The molecule has 1 unspecified atom stereocenters. The zero-order valence-electron chi connectivity index (χ0n) is 21.1. The van der Waals surface area contributed by atoms with Crippen molar-refractivity contribution in [1.29, 1.82) is 0 Å². The lowest BCUT2D eigenvalue weighted by Gasteiger charge is -2.35. The topological polar surface area (TPSA) is 118 Å². The molecule has 39 heavy (non-hydrogen) atoms. The van der Waals surface area contributed by atoms with Gasteiger partial charge in [0, 0.05) is 43.3 Å². The van der Waals surface area contributed by atoms with E-state index in [4.69, 9.17) is 4.74 Å². The van der Waals surface area contributed by atoms with Gasteiger partial charge in [-0.1, -0.05) is 30.3 Å². The van der Waals surface area contributed by atoms with E-state index in [1.54, 1.807) is 77.7 Å². The number of urea groups is 1. The maximum atomic E-state index is 13.2. The molecule has 1 N–H and O–H groups in total. The molecule has 1 aliphatic heterocycles. The van der Waals surface area contributed by atoms with Crippen LogP contribution in [0.4, 0.5) is 21.9 Å². The van der Waals surface area contributed by atoms with Crippen LogP contribution in [0.25, 0.3) is 10.9 Å². The van der Waals surface area contributed by atoms with E-state index in [0.29, 0.717) is 60.1 Å². The number of nitrogens with one attached hydrogen (secondary N) is 1. The molecule has 5 rings (SSSR count). The lowest BCUT2D eigenvalue weighted by Crippen LogP contribution is -2.51. The molecule has 200 valence electrons. The van der Waals surface area contributed by atoms with Gasteiger partial charge in [0.2, 0.25) is 0 Å². The van der Waals surface area contributed by atoms with Crippen molar-refractivity contribution in [2.45, 2.75) is 0 Å². The fourth-order valence-electron chi connectivity index (χ4n) is 4.53. The molecule has 0 radical (unpaired) electrons. The van der Waals surface area contributed by atoms with Gasteiger partial charge >= 0.3 is 6.03 Å². The fraction of sp³-hybridized carbons (Fsp3) is 0.179. The maximum absolute atomic E-state index is 13.2. The Hall–Kier alpha value is -4.48. The Labute approximate surface area is 228 Å². The summed E-state index contributed by atoms with van der Waals surface area (Å²) in [4.78, 5) is 33.6. The minimum atomic E-state index is -2.61. The number of nitrogens with zero attached hydrogens (tertiary/aromatic N) is 4.